The van der Waals surface area contributed by atoms with E-state index in [9.17, 15) is 0 Å². The summed E-state index contributed by atoms with van der Waals surface area (Å²) in [7, 11) is 1.77. The lowest BCUT2D eigenvalue weighted by molar-refractivity contribution is 0.195. The Hall–Kier alpha value is -0.0800. The lowest BCUT2D eigenvalue weighted by atomic mass is 9.77. The first-order chi connectivity index (χ1) is 7.77. The van der Waals surface area contributed by atoms with Crippen LogP contribution in [0.3, 0.4) is 0 Å². The van der Waals surface area contributed by atoms with Gasteiger partial charge in [0.15, 0.2) is 0 Å². The highest BCUT2D eigenvalue weighted by Gasteiger charge is 2.53. The molecule has 16 heavy (non-hydrogen) atoms. The third-order valence-corrected chi connectivity index (χ3v) is 4.87. The largest absolute Gasteiger partial charge is 0.383 e. The molecule has 2 atom stereocenters. The monoisotopic (exact) mass is 225 g/mol. The first-order valence-corrected chi connectivity index (χ1v) is 6.97. The maximum atomic E-state index is 5.05. The van der Waals surface area contributed by atoms with Gasteiger partial charge in [0, 0.05) is 13.7 Å². The van der Waals surface area contributed by atoms with Crippen molar-refractivity contribution in [3.63, 3.8) is 0 Å². The summed E-state index contributed by atoms with van der Waals surface area (Å²) in [5, 5.41) is 3.52. The van der Waals surface area contributed by atoms with Crippen molar-refractivity contribution in [2.75, 3.05) is 26.8 Å². The van der Waals surface area contributed by atoms with Crippen LogP contribution in [0.25, 0.3) is 0 Å². The molecule has 0 saturated heterocycles. The highest BCUT2D eigenvalue weighted by Crippen LogP contribution is 2.60. The molecule has 0 heterocycles. The van der Waals surface area contributed by atoms with E-state index in [4.69, 9.17) is 4.74 Å². The number of ether oxygens (including phenoxy) is 1. The Labute approximate surface area is 100 Å². The van der Waals surface area contributed by atoms with Crippen molar-refractivity contribution in [1.82, 2.24) is 5.32 Å². The summed E-state index contributed by atoms with van der Waals surface area (Å²) in [5.41, 5.74) is 0.681. The van der Waals surface area contributed by atoms with Gasteiger partial charge in [0.1, 0.15) is 0 Å². The Morgan fingerprint density at radius 2 is 2.00 bits per heavy atom. The number of nitrogens with one attached hydrogen (secondary N) is 1. The van der Waals surface area contributed by atoms with Crippen molar-refractivity contribution in [3.8, 4) is 0 Å². The molecule has 2 unspecified atom stereocenters. The van der Waals surface area contributed by atoms with E-state index in [1.165, 1.54) is 45.1 Å². The van der Waals surface area contributed by atoms with Crippen LogP contribution in [-0.2, 0) is 4.74 Å². The number of hydrogen-bond acceptors (Lipinski definition) is 2. The summed E-state index contributed by atoms with van der Waals surface area (Å²) >= 11 is 0. The van der Waals surface area contributed by atoms with Crippen molar-refractivity contribution in [2.45, 2.75) is 45.4 Å². The van der Waals surface area contributed by atoms with Crippen LogP contribution in [-0.4, -0.2) is 26.8 Å². The van der Waals surface area contributed by atoms with Gasteiger partial charge in [-0.3, -0.25) is 0 Å². The predicted octanol–water partition coefficient (Wildman–Crippen LogP) is 2.83. The van der Waals surface area contributed by atoms with Crippen LogP contribution >= 0.6 is 0 Å². The van der Waals surface area contributed by atoms with Gasteiger partial charge < -0.3 is 10.1 Å². The molecule has 2 nitrogen and oxygen atoms in total. The van der Waals surface area contributed by atoms with E-state index in [0.29, 0.717) is 5.41 Å². The molecule has 1 N–H and O–H groups in total. The van der Waals surface area contributed by atoms with Crippen LogP contribution < -0.4 is 5.32 Å². The van der Waals surface area contributed by atoms with E-state index in [2.05, 4.69) is 12.2 Å². The fraction of sp³-hybridized carbons (Fsp3) is 1.00. The summed E-state index contributed by atoms with van der Waals surface area (Å²) in [5.74, 6) is 1.96. The summed E-state index contributed by atoms with van der Waals surface area (Å²) in [4.78, 5) is 0. The lowest BCUT2D eigenvalue weighted by Gasteiger charge is -2.28. The van der Waals surface area contributed by atoms with Crippen molar-refractivity contribution >= 4 is 0 Å². The standard InChI is InChI=1S/C14H27NO/c1-14(12-6-4-3-5-7-12)10-13(14)11-15-8-9-16-2/h12-13,15H,3-11H2,1-2H3. The second-order valence-electron chi connectivity index (χ2n) is 5.94. The first kappa shape index (κ1) is 12.4. The molecule has 0 spiro atoms. The molecule has 2 heteroatoms. The number of methoxy groups -OCH3 is 1. The van der Waals surface area contributed by atoms with E-state index in [1.807, 2.05) is 0 Å². The van der Waals surface area contributed by atoms with Crippen LogP contribution in [0, 0.1) is 17.3 Å². The van der Waals surface area contributed by atoms with Gasteiger partial charge in [-0.05, 0) is 43.1 Å². The minimum Gasteiger partial charge on any atom is -0.383 e. The third kappa shape index (κ3) is 2.78. The zero-order chi connectivity index (χ0) is 11.4. The smallest absolute Gasteiger partial charge is 0.0587 e. The van der Waals surface area contributed by atoms with Crippen LogP contribution in [0.15, 0.2) is 0 Å². The van der Waals surface area contributed by atoms with Crippen molar-refractivity contribution in [2.24, 2.45) is 17.3 Å². The van der Waals surface area contributed by atoms with Crippen molar-refractivity contribution < 1.29 is 4.74 Å². The maximum absolute atomic E-state index is 5.05. The lowest BCUT2D eigenvalue weighted by Crippen LogP contribution is -2.26. The van der Waals surface area contributed by atoms with E-state index < -0.39 is 0 Å². The minimum absolute atomic E-state index is 0.681. The van der Waals surface area contributed by atoms with Gasteiger partial charge in [-0.15, -0.1) is 0 Å². The third-order valence-electron chi connectivity index (χ3n) is 4.87. The molecule has 94 valence electrons. The molecule has 2 rings (SSSR count). The minimum atomic E-state index is 0.681. The molecule has 0 aromatic heterocycles. The Morgan fingerprint density at radius 1 is 1.25 bits per heavy atom. The van der Waals surface area contributed by atoms with E-state index in [-0.39, 0.29) is 0 Å². The van der Waals surface area contributed by atoms with Crippen LogP contribution in [0.5, 0.6) is 0 Å². The Bertz CT molecular complexity index is 213. The van der Waals surface area contributed by atoms with Crippen molar-refractivity contribution in [3.05, 3.63) is 0 Å². The predicted molar refractivity (Wildman–Crippen MR) is 67.5 cm³/mol. The zero-order valence-corrected chi connectivity index (χ0v) is 10.9. The normalized spacial score (nSPS) is 35.2. The highest BCUT2D eigenvalue weighted by molar-refractivity contribution is 5.04. The quantitative estimate of drug-likeness (QED) is 0.702. The van der Waals surface area contributed by atoms with E-state index in [0.717, 1.165) is 25.0 Å². The molecule has 0 aliphatic heterocycles. The highest BCUT2D eigenvalue weighted by atomic mass is 16.5. The van der Waals surface area contributed by atoms with Gasteiger partial charge in [-0.25, -0.2) is 0 Å². The number of hydrogen-bond donors (Lipinski definition) is 1. The van der Waals surface area contributed by atoms with E-state index in [1.54, 1.807) is 7.11 Å². The molecule has 2 fully saturated rings. The van der Waals surface area contributed by atoms with Gasteiger partial charge in [-0.1, -0.05) is 26.2 Å². The van der Waals surface area contributed by atoms with Gasteiger partial charge in [0.05, 0.1) is 6.61 Å². The molecule has 0 amide bonds. The maximum Gasteiger partial charge on any atom is 0.0587 e. The van der Waals surface area contributed by atoms with Crippen LogP contribution in [0.2, 0.25) is 0 Å². The van der Waals surface area contributed by atoms with Crippen molar-refractivity contribution in [1.29, 1.82) is 0 Å². The fourth-order valence-electron chi connectivity index (χ4n) is 3.49. The summed E-state index contributed by atoms with van der Waals surface area (Å²) < 4.78 is 5.05. The Morgan fingerprint density at radius 3 is 2.69 bits per heavy atom. The van der Waals surface area contributed by atoms with Crippen LogP contribution in [0.1, 0.15) is 45.4 Å². The molecular formula is C14H27NO. The zero-order valence-electron chi connectivity index (χ0n) is 10.9. The molecule has 0 aromatic rings. The molecule has 2 aliphatic rings. The summed E-state index contributed by atoms with van der Waals surface area (Å²) in [6.45, 7) is 5.57. The second-order valence-corrected chi connectivity index (χ2v) is 5.94. The molecule has 0 aromatic carbocycles. The number of rotatable bonds is 6. The first-order valence-electron chi connectivity index (χ1n) is 6.97. The van der Waals surface area contributed by atoms with Gasteiger partial charge in [0.25, 0.3) is 0 Å². The fourth-order valence-corrected chi connectivity index (χ4v) is 3.49. The SMILES string of the molecule is COCCNCC1CC1(C)C1CCCCC1. The molecule has 0 bridgehead atoms. The van der Waals surface area contributed by atoms with Gasteiger partial charge >= 0.3 is 0 Å². The molecule has 2 saturated carbocycles. The Kier molecular flexibility index (Phi) is 4.26. The van der Waals surface area contributed by atoms with E-state index >= 15 is 0 Å². The summed E-state index contributed by atoms with van der Waals surface area (Å²) in [6, 6.07) is 0. The van der Waals surface area contributed by atoms with Gasteiger partial charge in [-0.2, -0.15) is 0 Å². The van der Waals surface area contributed by atoms with Crippen LogP contribution in [0.4, 0.5) is 0 Å². The van der Waals surface area contributed by atoms with Gasteiger partial charge in [0.2, 0.25) is 0 Å². The second kappa shape index (κ2) is 5.50. The average Bonchev–Trinajstić information content (AvgIpc) is 2.99. The molecule has 2 aliphatic carbocycles. The Balaban J connectivity index is 1.66. The summed E-state index contributed by atoms with van der Waals surface area (Å²) in [6.07, 6.45) is 8.87. The molecule has 0 radical (unpaired) electrons. The topological polar surface area (TPSA) is 21.3 Å². The average molecular weight is 225 g/mol. The molecular weight excluding hydrogens is 198 g/mol.